The Hall–Kier alpha value is -1.62. The predicted molar refractivity (Wildman–Crippen MR) is 74.3 cm³/mol. The summed E-state index contributed by atoms with van der Waals surface area (Å²) in [4.78, 5) is 3.89. The summed E-state index contributed by atoms with van der Waals surface area (Å²) >= 11 is 3.15. The van der Waals surface area contributed by atoms with Gasteiger partial charge >= 0.3 is 0 Å². The van der Waals surface area contributed by atoms with Gasteiger partial charge in [0.05, 0.1) is 7.11 Å². The first-order chi connectivity index (χ1) is 9.13. The third-order valence-electron chi connectivity index (χ3n) is 2.62. The van der Waals surface area contributed by atoms with Crippen LogP contribution in [0.5, 0.6) is 17.4 Å². The summed E-state index contributed by atoms with van der Waals surface area (Å²) in [6.45, 7) is 2.05. The van der Waals surface area contributed by atoms with Crippen molar-refractivity contribution in [3.8, 4) is 17.4 Å². The molecule has 1 aromatic carbocycles. The zero-order chi connectivity index (χ0) is 13.8. The summed E-state index contributed by atoms with van der Waals surface area (Å²) < 4.78 is 24.9. The molecule has 2 aromatic rings. The van der Waals surface area contributed by atoms with E-state index in [1.807, 2.05) is 19.1 Å². The van der Waals surface area contributed by atoms with Gasteiger partial charge in [0, 0.05) is 10.7 Å². The number of ether oxygens (including phenoxy) is 2. The maximum absolute atomic E-state index is 13.7. The third-order valence-corrected chi connectivity index (χ3v) is 3.05. The van der Waals surface area contributed by atoms with Gasteiger partial charge in [0.1, 0.15) is 0 Å². The highest BCUT2D eigenvalue weighted by atomic mass is 79.9. The molecule has 1 aromatic heterocycles. The lowest BCUT2D eigenvalue weighted by Gasteiger charge is -2.11. The van der Waals surface area contributed by atoms with Crippen molar-refractivity contribution in [1.82, 2.24) is 4.98 Å². The molecule has 0 aliphatic carbocycles. The van der Waals surface area contributed by atoms with E-state index in [1.54, 1.807) is 13.2 Å². The standard InChI is InChI=1S/C14H13BrFNO2/c1-3-9-4-5-12(13(6-9)18-2)19-14-11(16)7-10(15)8-17-14/h4-8H,3H2,1-2H3. The molecule has 3 nitrogen and oxygen atoms in total. The minimum absolute atomic E-state index is 0.0780. The average molecular weight is 326 g/mol. The first-order valence-corrected chi connectivity index (χ1v) is 6.59. The monoisotopic (exact) mass is 325 g/mol. The summed E-state index contributed by atoms with van der Waals surface area (Å²) in [6, 6.07) is 6.83. The van der Waals surface area contributed by atoms with Crippen LogP contribution in [-0.2, 0) is 6.42 Å². The van der Waals surface area contributed by atoms with Crippen LogP contribution in [0.3, 0.4) is 0 Å². The van der Waals surface area contributed by atoms with Gasteiger partial charge in [-0.2, -0.15) is 0 Å². The summed E-state index contributed by atoms with van der Waals surface area (Å²) in [5.74, 6) is 0.388. The minimum atomic E-state index is -0.531. The zero-order valence-corrected chi connectivity index (χ0v) is 12.2. The average Bonchev–Trinajstić information content (AvgIpc) is 2.42. The highest BCUT2D eigenvalue weighted by Crippen LogP contribution is 2.33. The van der Waals surface area contributed by atoms with Crippen molar-refractivity contribution in [3.05, 3.63) is 46.3 Å². The largest absolute Gasteiger partial charge is 0.493 e. The molecule has 0 N–H and O–H groups in total. The smallest absolute Gasteiger partial charge is 0.256 e. The Bertz CT molecular complexity index is 590. The van der Waals surface area contributed by atoms with Crippen molar-refractivity contribution in [2.45, 2.75) is 13.3 Å². The number of hydrogen-bond acceptors (Lipinski definition) is 3. The molecule has 0 aliphatic rings. The van der Waals surface area contributed by atoms with Crippen LogP contribution in [0.1, 0.15) is 12.5 Å². The number of hydrogen-bond donors (Lipinski definition) is 0. The highest BCUT2D eigenvalue weighted by molar-refractivity contribution is 9.10. The number of rotatable bonds is 4. The van der Waals surface area contributed by atoms with Gasteiger partial charge < -0.3 is 9.47 Å². The molecule has 19 heavy (non-hydrogen) atoms. The summed E-state index contributed by atoms with van der Waals surface area (Å²) in [7, 11) is 1.55. The summed E-state index contributed by atoms with van der Waals surface area (Å²) in [5, 5.41) is 0. The van der Waals surface area contributed by atoms with Crippen molar-refractivity contribution in [3.63, 3.8) is 0 Å². The van der Waals surface area contributed by atoms with Gasteiger partial charge in [0.15, 0.2) is 17.3 Å². The minimum Gasteiger partial charge on any atom is -0.493 e. The maximum Gasteiger partial charge on any atom is 0.256 e. The highest BCUT2D eigenvalue weighted by Gasteiger charge is 2.11. The van der Waals surface area contributed by atoms with E-state index in [1.165, 1.54) is 12.3 Å². The molecule has 5 heteroatoms. The second-order valence-corrected chi connectivity index (χ2v) is 4.80. The molecule has 0 radical (unpaired) electrons. The molecule has 1 heterocycles. The predicted octanol–water partition coefficient (Wildman–Crippen LogP) is 4.35. The molecule has 0 spiro atoms. The molecule has 0 fully saturated rings. The summed E-state index contributed by atoms with van der Waals surface area (Å²) in [5.41, 5.74) is 1.12. The molecule has 0 atom stereocenters. The van der Waals surface area contributed by atoms with Gasteiger partial charge in [-0.1, -0.05) is 13.0 Å². The van der Waals surface area contributed by atoms with Crippen LogP contribution >= 0.6 is 15.9 Å². The SMILES string of the molecule is CCc1ccc(Oc2ncc(Br)cc2F)c(OC)c1. The van der Waals surface area contributed by atoms with E-state index in [0.29, 0.717) is 16.0 Å². The van der Waals surface area contributed by atoms with Crippen LogP contribution in [0.4, 0.5) is 4.39 Å². The number of aromatic nitrogens is 1. The van der Waals surface area contributed by atoms with Crippen molar-refractivity contribution in [2.75, 3.05) is 7.11 Å². The van der Waals surface area contributed by atoms with E-state index in [9.17, 15) is 4.39 Å². The van der Waals surface area contributed by atoms with Crippen LogP contribution in [0.25, 0.3) is 0 Å². The Morgan fingerprint density at radius 3 is 2.68 bits per heavy atom. The van der Waals surface area contributed by atoms with Gasteiger partial charge in [-0.15, -0.1) is 0 Å². The lowest BCUT2D eigenvalue weighted by Crippen LogP contribution is -1.95. The first-order valence-electron chi connectivity index (χ1n) is 5.80. The molecule has 0 bridgehead atoms. The molecule has 0 aliphatic heterocycles. The Morgan fingerprint density at radius 2 is 2.05 bits per heavy atom. The van der Waals surface area contributed by atoms with E-state index in [2.05, 4.69) is 20.9 Å². The Kier molecular flexibility index (Phi) is 4.37. The zero-order valence-electron chi connectivity index (χ0n) is 10.6. The first kappa shape index (κ1) is 13.8. The second kappa shape index (κ2) is 6.02. The molecule has 2 rings (SSSR count). The van der Waals surface area contributed by atoms with Gasteiger partial charge in [-0.3, -0.25) is 0 Å². The fourth-order valence-electron chi connectivity index (χ4n) is 1.60. The van der Waals surface area contributed by atoms with Crippen molar-refractivity contribution < 1.29 is 13.9 Å². The van der Waals surface area contributed by atoms with Crippen LogP contribution in [0.2, 0.25) is 0 Å². The molecular formula is C14H13BrFNO2. The van der Waals surface area contributed by atoms with E-state index < -0.39 is 5.82 Å². The maximum atomic E-state index is 13.7. The lowest BCUT2D eigenvalue weighted by atomic mass is 10.1. The fourth-order valence-corrected chi connectivity index (χ4v) is 1.90. The third kappa shape index (κ3) is 3.23. The number of pyridine rings is 1. The Morgan fingerprint density at radius 1 is 1.26 bits per heavy atom. The Labute approximate surface area is 119 Å². The normalized spacial score (nSPS) is 10.3. The number of methoxy groups -OCH3 is 1. The number of aryl methyl sites for hydroxylation is 1. The molecule has 0 amide bonds. The van der Waals surface area contributed by atoms with Gasteiger partial charge in [-0.05, 0) is 46.1 Å². The lowest BCUT2D eigenvalue weighted by molar-refractivity contribution is 0.363. The topological polar surface area (TPSA) is 31.4 Å². The van der Waals surface area contributed by atoms with Crippen LogP contribution in [0, 0.1) is 5.82 Å². The summed E-state index contributed by atoms with van der Waals surface area (Å²) in [6.07, 6.45) is 2.37. The van der Waals surface area contributed by atoms with E-state index >= 15 is 0 Å². The molecule has 0 saturated heterocycles. The number of benzene rings is 1. The quantitative estimate of drug-likeness (QED) is 0.837. The van der Waals surface area contributed by atoms with Crippen LogP contribution in [-0.4, -0.2) is 12.1 Å². The molecular weight excluding hydrogens is 313 g/mol. The van der Waals surface area contributed by atoms with E-state index in [0.717, 1.165) is 12.0 Å². The molecule has 0 saturated carbocycles. The Balaban J connectivity index is 2.32. The molecule has 0 unspecified atom stereocenters. The van der Waals surface area contributed by atoms with Gasteiger partial charge in [0.25, 0.3) is 5.88 Å². The van der Waals surface area contributed by atoms with Crippen molar-refractivity contribution >= 4 is 15.9 Å². The molecule has 100 valence electrons. The van der Waals surface area contributed by atoms with Crippen LogP contribution < -0.4 is 9.47 Å². The number of nitrogens with zero attached hydrogens (tertiary/aromatic N) is 1. The second-order valence-electron chi connectivity index (χ2n) is 3.88. The van der Waals surface area contributed by atoms with Gasteiger partial charge in [-0.25, -0.2) is 9.37 Å². The number of halogens is 2. The fraction of sp³-hybridized carbons (Fsp3) is 0.214. The van der Waals surface area contributed by atoms with Crippen molar-refractivity contribution in [2.24, 2.45) is 0 Å². The van der Waals surface area contributed by atoms with Crippen molar-refractivity contribution in [1.29, 1.82) is 0 Å². The van der Waals surface area contributed by atoms with E-state index in [4.69, 9.17) is 9.47 Å². The van der Waals surface area contributed by atoms with E-state index in [-0.39, 0.29) is 5.88 Å². The van der Waals surface area contributed by atoms with Gasteiger partial charge in [0.2, 0.25) is 0 Å². The van der Waals surface area contributed by atoms with Crippen LogP contribution in [0.15, 0.2) is 34.9 Å².